The fourth-order valence-corrected chi connectivity index (χ4v) is 3.99. The van der Waals surface area contributed by atoms with Crippen molar-refractivity contribution >= 4 is 22.9 Å². The molecule has 28 heavy (non-hydrogen) atoms. The molecule has 3 rings (SSSR count). The van der Waals surface area contributed by atoms with Crippen molar-refractivity contribution in [3.8, 4) is 0 Å². The Labute approximate surface area is 166 Å². The summed E-state index contributed by atoms with van der Waals surface area (Å²) in [6.45, 7) is 8.46. The Bertz CT molecular complexity index is 835. The lowest BCUT2D eigenvalue weighted by molar-refractivity contribution is 0.0853. The number of fused-ring (bicyclic) bond motifs is 1. The van der Waals surface area contributed by atoms with E-state index in [0.29, 0.717) is 19.7 Å². The van der Waals surface area contributed by atoms with Gasteiger partial charge >= 0.3 is 6.09 Å². The van der Waals surface area contributed by atoms with Gasteiger partial charge in [-0.15, -0.1) is 0 Å². The van der Waals surface area contributed by atoms with Crippen LogP contribution >= 0.6 is 0 Å². The second-order valence-electron chi connectivity index (χ2n) is 7.43. The molecule has 0 aliphatic carbocycles. The van der Waals surface area contributed by atoms with Crippen LogP contribution in [0, 0.1) is 6.92 Å². The van der Waals surface area contributed by atoms with Gasteiger partial charge in [-0.1, -0.05) is 31.5 Å². The Balaban J connectivity index is 1.73. The van der Waals surface area contributed by atoms with Gasteiger partial charge in [0.1, 0.15) is 5.69 Å². The predicted molar refractivity (Wildman–Crippen MR) is 111 cm³/mol. The minimum atomic E-state index is -0.261. The van der Waals surface area contributed by atoms with Crippen LogP contribution in [0.25, 0.3) is 10.9 Å². The van der Waals surface area contributed by atoms with Crippen molar-refractivity contribution < 1.29 is 14.3 Å². The topological polar surface area (TPSA) is 63.6 Å². The molecule has 0 atom stereocenters. The van der Waals surface area contributed by atoms with Crippen LogP contribution in [0.3, 0.4) is 0 Å². The summed E-state index contributed by atoms with van der Waals surface area (Å²) in [5, 5.41) is 4.35. The number of ether oxygens (including phenoxy) is 1. The Morgan fingerprint density at radius 1 is 1.18 bits per heavy atom. The molecule has 1 saturated heterocycles. The SMILES string of the molecule is CCCCn1c(C(=O)NC2CCN(C(=O)OCC)CC2)c(C)c2ccccc21. The van der Waals surface area contributed by atoms with Gasteiger partial charge in [0.25, 0.3) is 5.91 Å². The van der Waals surface area contributed by atoms with Gasteiger partial charge in [-0.05, 0) is 44.7 Å². The second kappa shape index (κ2) is 9.13. The van der Waals surface area contributed by atoms with Crippen LogP contribution in [-0.2, 0) is 11.3 Å². The Hall–Kier alpha value is -2.50. The normalized spacial score (nSPS) is 15.0. The monoisotopic (exact) mass is 385 g/mol. The van der Waals surface area contributed by atoms with Crippen LogP contribution in [-0.4, -0.2) is 47.2 Å². The lowest BCUT2D eigenvalue weighted by Crippen LogP contribution is -2.47. The molecule has 1 aliphatic heterocycles. The number of para-hydroxylation sites is 1. The molecule has 0 radical (unpaired) electrons. The number of aryl methyl sites for hydroxylation is 2. The third-order valence-corrected chi connectivity index (χ3v) is 5.53. The van der Waals surface area contributed by atoms with Crippen molar-refractivity contribution in [3.63, 3.8) is 0 Å². The van der Waals surface area contributed by atoms with Gasteiger partial charge in [-0.3, -0.25) is 4.79 Å². The van der Waals surface area contributed by atoms with Crippen molar-refractivity contribution in [1.82, 2.24) is 14.8 Å². The summed E-state index contributed by atoms with van der Waals surface area (Å²) in [5.74, 6) is -0.0145. The number of rotatable bonds is 6. The van der Waals surface area contributed by atoms with E-state index >= 15 is 0 Å². The molecule has 1 aromatic carbocycles. The van der Waals surface area contributed by atoms with Crippen molar-refractivity contribution in [2.45, 2.75) is 59.0 Å². The molecule has 0 saturated carbocycles. The Kier molecular flexibility index (Phi) is 6.60. The van der Waals surface area contributed by atoms with E-state index in [1.165, 1.54) is 0 Å². The fourth-order valence-electron chi connectivity index (χ4n) is 3.99. The molecule has 0 spiro atoms. The van der Waals surface area contributed by atoms with E-state index in [1.807, 2.05) is 26.0 Å². The van der Waals surface area contributed by atoms with Crippen LogP contribution in [0.4, 0.5) is 4.79 Å². The maximum atomic E-state index is 13.2. The number of nitrogens with one attached hydrogen (secondary N) is 1. The van der Waals surface area contributed by atoms with E-state index in [-0.39, 0.29) is 18.0 Å². The third-order valence-electron chi connectivity index (χ3n) is 5.53. The molecule has 152 valence electrons. The second-order valence-corrected chi connectivity index (χ2v) is 7.43. The zero-order valence-electron chi connectivity index (χ0n) is 17.2. The Morgan fingerprint density at radius 3 is 2.57 bits per heavy atom. The summed E-state index contributed by atoms with van der Waals surface area (Å²) in [6, 6.07) is 8.30. The lowest BCUT2D eigenvalue weighted by atomic mass is 10.0. The minimum Gasteiger partial charge on any atom is -0.450 e. The van der Waals surface area contributed by atoms with Crippen LogP contribution in [0.5, 0.6) is 0 Å². The third kappa shape index (κ3) is 4.16. The molecule has 1 aromatic heterocycles. The van der Waals surface area contributed by atoms with E-state index in [2.05, 4.69) is 28.9 Å². The van der Waals surface area contributed by atoms with Gasteiger partial charge in [-0.2, -0.15) is 0 Å². The van der Waals surface area contributed by atoms with Gasteiger partial charge < -0.3 is 19.5 Å². The number of carbonyl (C=O) groups excluding carboxylic acids is 2. The van der Waals surface area contributed by atoms with Crippen molar-refractivity contribution in [2.24, 2.45) is 0 Å². The minimum absolute atomic E-state index is 0.0145. The van der Waals surface area contributed by atoms with E-state index in [1.54, 1.807) is 4.90 Å². The first-order chi connectivity index (χ1) is 13.6. The van der Waals surface area contributed by atoms with Gasteiger partial charge in [-0.25, -0.2) is 4.79 Å². The molecule has 6 nitrogen and oxygen atoms in total. The van der Waals surface area contributed by atoms with Gasteiger partial charge in [0.05, 0.1) is 6.61 Å². The largest absolute Gasteiger partial charge is 0.450 e. The molecule has 0 bridgehead atoms. The molecule has 6 heteroatoms. The lowest BCUT2D eigenvalue weighted by Gasteiger charge is -2.31. The zero-order chi connectivity index (χ0) is 20.1. The maximum Gasteiger partial charge on any atom is 0.409 e. The van der Waals surface area contributed by atoms with Crippen LogP contribution < -0.4 is 5.32 Å². The number of benzene rings is 1. The summed E-state index contributed by atoms with van der Waals surface area (Å²) in [5.41, 5.74) is 2.92. The number of hydrogen-bond donors (Lipinski definition) is 1. The quantitative estimate of drug-likeness (QED) is 0.814. The average Bonchev–Trinajstić information content (AvgIpc) is 2.99. The molecular formula is C22H31N3O3. The summed E-state index contributed by atoms with van der Waals surface area (Å²) >= 11 is 0. The first-order valence-electron chi connectivity index (χ1n) is 10.4. The molecule has 0 unspecified atom stereocenters. The molecule has 2 amide bonds. The van der Waals surface area contributed by atoms with E-state index < -0.39 is 0 Å². The van der Waals surface area contributed by atoms with Crippen molar-refractivity contribution in [1.29, 1.82) is 0 Å². The van der Waals surface area contributed by atoms with Crippen LogP contribution in [0.1, 0.15) is 55.6 Å². The fraction of sp³-hybridized carbons (Fsp3) is 0.545. The molecule has 1 N–H and O–H groups in total. The maximum absolute atomic E-state index is 13.2. The highest BCUT2D eigenvalue weighted by Gasteiger charge is 2.27. The summed E-state index contributed by atoms with van der Waals surface area (Å²) in [6.07, 6.45) is 3.36. The van der Waals surface area contributed by atoms with Gasteiger partial charge in [0.2, 0.25) is 0 Å². The highest BCUT2D eigenvalue weighted by atomic mass is 16.6. The van der Waals surface area contributed by atoms with E-state index in [9.17, 15) is 9.59 Å². The number of amides is 2. The number of likely N-dealkylation sites (tertiary alicyclic amines) is 1. The highest BCUT2D eigenvalue weighted by Crippen LogP contribution is 2.26. The number of aromatic nitrogens is 1. The number of nitrogens with zero attached hydrogens (tertiary/aromatic N) is 2. The van der Waals surface area contributed by atoms with Crippen LogP contribution in [0.2, 0.25) is 0 Å². The first-order valence-corrected chi connectivity index (χ1v) is 10.4. The zero-order valence-corrected chi connectivity index (χ0v) is 17.2. The summed E-state index contributed by atoms with van der Waals surface area (Å²) < 4.78 is 7.23. The molecule has 1 aliphatic rings. The molecule has 2 heterocycles. The van der Waals surface area contributed by atoms with Gasteiger partial charge in [0, 0.05) is 36.6 Å². The molecule has 2 aromatic rings. The number of hydrogen-bond acceptors (Lipinski definition) is 3. The first kappa shape index (κ1) is 20.2. The van der Waals surface area contributed by atoms with E-state index in [0.717, 1.165) is 54.4 Å². The van der Waals surface area contributed by atoms with Crippen molar-refractivity contribution in [3.05, 3.63) is 35.5 Å². The molecule has 1 fully saturated rings. The van der Waals surface area contributed by atoms with Gasteiger partial charge in [0.15, 0.2) is 0 Å². The molecular weight excluding hydrogens is 354 g/mol. The standard InChI is InChI=1S/C22H31N3O3/c1-4-6-13-25-19-10-8-7-9-18(19)16(3)20(25)21(26)23-17-11-14-24(15-12-17)22(27)28-5-2/h7-10,17H,4-6,11-15H2,1-3H3,(H,23,26). The average molecular weight is 386 g/mol. The number of carbonyl (C=O) groups is 2. The predicted octanol–water partition coefficient (Wildman–Crippen LogP) is 4.10. The Morgan fingerprint density at radius 2 is 1.89 bits per heavy atom. The highest BCUT2D eigenvalue weighted by molar-refractivity contribution is 6.01. The van der Waals surface area contributed by atoms with Crippen LogP contribution in [0.15, 0.2) is 24.3 Å². The van der Waals surface area contributed by atoms with Crippen molar-refractivity contribution in [2.75, 3.05) is 19.7 Å². The summed E-state index contributed by atoms with van der Waals surface area (Å²) in [7, 11) is 0. The smallest absolute Gasteiger partial charge is 0.409 e. The van der Waals surface area contributed by atoms with E-state index in [4.69, 9.17) is 4.74 Å². The number of piperidine rings is 1. The summed E-state index contributed by atoms with van der Waals surface area (Å²) in [4.78, 5) is 26.7. The number of unbranched alkanes of at least 4 members (excludes halogenated alkanes) is 1.